The number of benzene rings is 2. The lowest BCUT2D eigenvalue weighted by Crippen LogP contribution is -2.41. The van der Waals surface area contributed by atoms with Crippen LogP contribution in [0.25, 0.3) is 0 Å². The van der Waals surface area contributed by atoms with Gasteiger partial charge in [-0.3, -0.25) is 4.79 Å². The minimum Gasteiger partial charge on any atom is -0.508 e. The van der Waals surface area contributed by atoms with Crippen molar-refractivity contribution in [3.8, 4) is 11.5 Å². The van der Waals surface area contributed by atoms with Gasteiger partial charge in [-0.1, -0.05) is 30.3 Å². The van der Waals surface area contributed by atoms with Gasteiger partial charge >= 0.3 is 0 Å². The first kappa shape index (κ1) is 19.7. The smallest absolute Gasteiger partial charge is 0.242 e. The summed E-state index contributed by atoms with van der Waals surface area (Å²) >= 11 is 0. The number of methoxy groups -OCH3 is 2. The van der Waals surface area contributed by atoms with E-state index in [-0.39, 0.29) is 35.7 Å². The number of para-hydroxylation sites is 1. The predicted molar refractivity (Wildman–Crippen MR) is 108 cm³/mol. The van der Waals surface area contributed by atoms with Crippen LogP contribution >= 0.6 is 0 Å². The molecule has 2 aromatic rings. The number of likely N-dealkylation sites (tertiary alicyclic amines) is 1. The number of carbonyl (C=O) groups is 1. The molecule has 2 heterocycles. The Morgan fingerprint density at radius 2 is 1.76 bits per heavy atom. The van der Waals surface area contributed by atoms with Crippen LogP contribution < -0.4 is 15.6 Å². The van der Waals surface area contributed by atoms with Crippen LogP contribution in [0.1, 0.15) is 29.6 Å². The van der Waals surface area contributed by atoms with E-state index in [2.05, 4.69) is 10.9 Å². The maximum Gasteiger partial charge on any atom is 0.242 e. The molecule has 2 fully saturated rings. The van der Waals surface area contributed by atoms with E-state index in [1.54, 1.807) is 26.4 Å². The highest BCUT2D eigenvalue weighted by atomic mass is 16.5. The number of phenols is 1. The third kappa shape index (κ3) is 3.57. The van der Waals surface area contributed by atoms with E-state index in [4.69, 9.17) is 9.47 Å². The standard InChI is InChI=1S/C22H27N3O4/c1-28-13-5-12-25-21(14-8-10-15(29-2)11-9-14)18-19(23-24-20(18)22(25)27)16-6-3-4-7-17(16)26/h3-4,6-11,18-21,23-24,26H,5,12-13H2,1-2H3. The average Bonchev–Trinajstić information content (AvgIpc) is 3.28. The van der Waals surface area contributed by atoms with Gasteiger partial charge in [0.25, 0.3) is 0 Å². The molecule has 7 heteroatoms. The second kappa shape index (κ2) is 8.41. The monoisotopic (exact) mass is 397 g/mol. The van der Waals surface area contributed by atoms with Gasteiger partial charge in [0.05, 0.1) is 19.2 Å². The molecule has 0 bridgehead atoms. The zero-order chi connectivity index (χ0) is 20.4. The lowest BCUT2D eigenvalue weighted by molar-refractivity contribution is -0.131. The summed E-state index contributed by atoms with van der Waals surface area (Å²) in [6.45, 7) is 1.22. The Morgan fingerprint density at radius 3 is 2.45 bits per heavy atom. The number of phenolic OH excluding ortho intramolecular Hbond substituents is 1. The van der Waals surface area contributed by atoms with Crippen LogP contribution in [-0.4, -0.2) is 49.3 Å². The zero-order valence-corrected chi connectivity index (χ0v) is 16.7. The van der Waals surface area contributed by atoms with Crippen molar-refractivity contribution in [2.75, 3.05) is 27.4 Å². The highest BCUT2D eigenvalue weighted by molar-refractivity contribution is 5.86. The second-order valence-electron chi connectivity index (χ2n) is 7.48. The highest BCUT2D eigenvalue weighted by Crippen LogP contribution is 2.48. The lowest BCUT2D eigenvalue weighted by Gasteiger charge is -2.31. The van der Waals surface area contributed by atoms with Gasteiger partial charge in [0, 0.05) is 31.7 Å². The van der Waals surface area contributed by atoms with Crippen LogP contribution in [-0.2, 0) is 9.53 Å². The van der Waals surface area contributed by atoms with Crippen LogP contribution in [0.3, 0.4) is 0 Å². The molecule has 154 valence electrons. The van der Waals surface area contributed by atoms with Gasteiger partial charge in [0.1, 0.15) is 17.5 Å². The van der Waals surface area contributed by atoms with Crippen molar-refractivity contribution >= 4 is 5.91 Å². The first-order valence-corrected chi connectivity index (χ1v) is 9.88. The Labute approximate surface area is 170 Å². The first-order chi connectivity index (χ1) is 14.2. The molecular formula is C22H27N3O4. The Morgan fingerprint density at radius 1 is 1.03 bits per heavy atom. The van der Waals surface area contributed by atoms with Crippen molar-refractivity contribution in [1.82, 2.24) is 15.8 Å². The second-order valence-corrected chi connectivity index (χ2v) is 7.48. The van der Waals surface area contributed by atoms with E-state index < -0.39 is 0 Å². The van der Waals surface area contributed by atoms with Crippen LogP contribution in [0.2, 0.25) is 0 Å². The number of hydrogen-bond donors (Lipinski definition) is 3. The topological polar surface area (TPSA) is 83.1 Å². The van der Waals surface area contributed by atoms with E-state index in [0.717, 1.165) is 23.3 Å². The van der Waals surface area contributed by atoms with Gasteiger partial charge in [-0.15, -0.1) is 0 Å². The number of amides is 1. The average molecular weight is 397 g/mol. The van der Waals surface area contributed by atoms with Crippen LogP contribution in [0.4, 0.5) is 0 Å². The van der Waals surface area contributed by atoms with E-state index in [1.165, 1.54) is 0 Å². The summed E-state index contributed by atoms with van der Waals surface area (Å²) in [4.78, 5) is 15.2. The van der Waals surface area contributed by atoms with E-state index in [0.29, 0.717) is 13.2 Å². The Balaban J connectivity index is 1.72. The molecule has 4 unspecified atom stereocenters. The number of nitrogens with zero attached hydrogens (tertiary/aromatic N) is 1. The van der Waals surface area contributed by atoms with Gasteiger partial charge in [0.15, 0.2) is 0 Å². The number of hydrazine groups is 1. The lowest BCUT2D eigenvalue weighted by atomic mass is 9.83. The van der Waals surface area contributed by atoms with Crippen LogP contribution in [0.5, 0.6) is 11.5 Å². The Bertz CT molecular complexity index is 857. The van der Waals surface area contributed by atoms with Crippen molar-refractivity contribution in [2.24, 2.45) is 5.92 Å². The number of rotatable bonds is 7. The third-order valence-electron chi connectivity index (χ3n) is 5.89. The molecule has 29 heavy (non-hydrogen) atoms. The Hall–Kier alpha value is -2.61. The molecule has 0 aromatic heterocycles. The van der Waals surface area contributed by atoms with Crippen LogP contribution in [0, 0.1) is 5.92 Å². The quantitative estimate of drug-likeness (QED) is 0.621. The summed E-state index contributed by atoms with van der Waals surface area (Å²) in [5, 5.41) is 10.4. The largest absolute Gasteiger partial charge is 0.508 e. The fourth-order valence-corrected chi connectivity index (χ4v) is 4.55. The van der Waals surface area contributed by atoms with Crippen molar-refractivity contribution in [2.45, 2.75) is 24.5 Å². The molecule has 2 aliphatic rings. The van der Waals surface area contributed by atoms with Gasteiger partial charge in [-0.2, -0.15) is 0 Å². The fraction of sp³-hybridized carbons (Fsp3) is 0.409. The summed E-state index contributed by atoms with van der Waals surface area (Å²) < 4.78 is 10.5. The molecule has 2 saturated heterocycles. The maximum absolute atomic E-state index is 13.2. The summed E-state index contributed by atoms with van der Waals surface area (Å²) in [7, 11) is 3.31. The molecule has 0 spiro atoms. The summed E-state index contributed by atoms with van der Waals surface area (Å²) in [5.74, 6) is 1.01. The number of aromatic hydroxyl groups is 1. The number of carbonyl (C=O) groups excluding carboxylic acids is 1. The molecule has 3 N–H and O–H groups in total. The number of ether oxygens (including phenoxy) is 2. The summed E-state index contributed by atoms with van der Waals surface area (Å²) in [6, 6.07) is 14.5. The van der Waals surface area contributed by atoms with Crippen molar-refractivity contribution in [3.63, 3.8) is 0 Å². The fourth-order valence-electron chi connectivity index (χ4n) is 4.55. The maximum atomic E-state index is 13.2. The minimum atomic E-state index is -0.353. The Kier molecular flexibility index (Phi) is 5.71. The third-order valence-corrected chi connectivity index (χ3v) is 5.89. The molecule has 1 amide bonds. The predicted octanol–water partition coefficient (Wildman–Crippen LogP) is 2.15. The molecule has 4 atom stereocenters. The van der Waals surface area contributed by atoms with Gasteiger partial charge in [-0.25, -0.2) is 10.9 Å². The summed E-state index contributed by atoms with van der Waals surface area (Å²) in [5.41, 5.74) is 8.27. The number of hydrogen-bond acceptors (Lipinski definition) is 6. The van der Waals surface area contributed by atoms with Gasteiger partial charge < -0.3 is 19.5 Å². The molecule has 2 aliphatic heterocycles. The molecule has 2 aromatic carbocycles. The molecule has 0 aliphatic carbocycles. The number of fused-ring (bicyclic) bond motifs is 1. The molecule has 0 saturated carbocycles. The normalized spacial score (nSPS) is 26.0. The van der Waals surface area contributed by atoms with Crippen molar-refractivity contribution < 1.29 is 19.4 Å². The van der Waals surface area contributed by atoms with Crippen molar-refractivity contribution in [3.05, 3.63) is 59.7 Å². The number of nitrogens with one attached hydrogen (secondary N) is 2. The first-order valence-electron chi connectivity index (χ1n) is 9.88. The van der Waals surface area contributed by atoms with Crippen molar-refractivity contribution in [1.29, 1.82) is 0 Å². The van der Waals surface area contributed by atoms with E-state index >= 15 is 0 Å². The van der Waals surface area contributed by atoms with E-state index in [1.807, 2.05) is 41.3 Å². The van der Waals surface area contributed by atoms with E-state index in [9.17, 15) is 9.90 Å². The summed E-state index contributed by atoms with van der Waals surface area (Å²) in [6.07, 6.45) is 0.767. The molecule has 0 radical (unpaired) electrons. The SMILES string of the molecule is COCCCN1C(=O)C2NNC(c3ccccc3O)C2C1c1ccc(OC)cc1. The molecule has 4 rings (SSSR count). The van der Waals surface area contributed by atoms with Crippen LogP contribution in [0.15, 0.2) is 48.5 Å². The zero-order valence-electron chi connectivity index (χ0n) is 16.7. The van der Waals surface area contributed by atoms with Gasteiger partial charge in [0.2, 0.25) is 5.91 Å². The molecular weight excluding hydrogens is 370 g/mol. The minimum absolute atomic E-state index is 0.0632. The van der Waals surface area contributed by atoms with Gasteiger partial charge in [-0.05, 0) is 30.2 Å². The highest BCUT2D eigenvalue weighted by Gasteiger charge is 2.55. The molecule has 7 nitrogen and oxygen atoms in total.